The van der Waals surface area contributed by atoms with Gasteiger partial charge in [-0.15, -0.1) is 0 Å². The summed E-state index contributed by atoms with van der Waals surface area (Å²) in [4.78, 5) is 5.41. The van der Waals surface area contributed by atoms with Crippen molar-refractivity contribution in [3.8, 4) is 23.0 Å². The molecule has 0 radical (unpaired) electrons. The SMILES string of the molecule is COc1cc(CCC(C)N2CCC(Cc3ccccc3)CC2C[C@H](CCc2ccc(O)c(OC)c2)N2Cc3cc(Cl)c(Cl)cc3C2)ccc1O. The van der Waals surface area contributed by atoms with Gasteiger partial charge in [0.05, 0.1) is 24.3 Å². The normalized spacial score (nSPS) is 19.2. The fraction of sp³-hybridized carbons (Fsp3) is 0.429. The molecule has 2 N–H and O–H groups in total. The molecule has 6 rings (SSSR count). The fourth-order valence-corrected chi connectivity index (χ4v) is 8.54. The number of hydrogen-bond donors (Lipinski definition) is 2. The number of rotatable bonds is 14. The van der Waals surface area contributed by atoms with E-state index in [1.165, 1.54) is 28.7 Å². The minimum atomic E-state index is 0.165. The molecule has 50 heavy (non-hydrogen) atoms. The van der Waals surface area contributed by atoms with Gasteiger partial charge < -0.3 is 19.7 Å². The molecule has 2 aliphatic rings. The molecule has 4 atom stereocenters. The number of aryl methyl sites for hydroxylation is 2. The van der Waals surface area contributed by atoms with Gasteiger partial charge in [-0.3, -0.25) is 9.80 Å². The summed E-state index contributed by atoms with van der Waals surface area (Å²) in [6, 6.07) is 27.6. The lowest BCUT2D eigenvalue weighted by Crippen LogP contribution is -2.50. The highest BCUT2D eigenvalue weighted by Gasteiger charge is 2.36. The van der Waals surface area contributed by atoms with Crippen LogP contribution in [0, 0.1) is 5.92 Å². The van der Waals surface area contributed by atoms with Crippen molar-refractivity contribution in [1.29, 1.82) is 0 Å². The van der Waals surface area contributed by atoms with Gasteiger partial charge in [-0.1, -0.05) is 65.7 Å². The number of methoxy groups -OCH3 is 2. The van der Waals surface area contributed by atoms with E-state index in [1.54, 1.807) is 26.4 Å². The summed E-state index contributed by atoms with van der Waals surface area (Å²) in [5, 5.41) is 21.6. The Morgan fingerprint density at radius 3 is 1.92 bits per heavy atom. The standard InChI is InChI=1S/C42H50Cl2N2O4/c1-28(9-10-30-12-15-39(47)41(21-30)49-2)46-18-17-32(19-29-7-5-4-6-8-29)20-36(46)25-35(14-11-31-13-16-40(48)42(22-31)50-3)45-26-33-23-37(43)38(44)24-34(33)27-45/h4-8,12-13,15-16,21-24,28,32,35-36,47-48H,9-11,14,17-20,25-27H2,1-3H3/t28?,32?,35-,36?/m0/s1. The Morgan fingerprint density at radius 2 is 1.34 bits per heavy atom. The highest BCUT2D eigenvalue weighted by Crippen LogP contribution is 2.38. The average molecular weight is 718 g/mol. The molecule has 1 saturated heterocycles. The van der Waals surface area contributed by atoms with Gasteiger partial charge in [0.1, 0.15) is 0 Å². The van der Waals surface area contributed by atoms with Crippen LogP contribution >= 0.6 is 23.2 Å². The van der Waals surface area contributed by atoms with E-state index in [0.29, 0.717) is 45.6 Å². The molecule has 0 spiro atoms. The monoisotopic (exact) mass is 716 g/mol. The second-order valence-electron chi connectivity index (χ2n) is 14.2. The van der Waals surface area contributed by atoms with Gasteiger partial charge in [0.15, 0.2) is 23.0 Å². The zero-order valence-corrected chi connectivity index (χ0v) is 31.0. The summed E-state index contributed by atoms with van der Waals surface area (Å²) in [5.74, 6) is 2.01. The highest BCUT2D eigenvalue weighted by molar-refractivity contribution is 6.42. The summed E-state index contributed by atoms with van der Waals surface area (Å²) < 4.78 is 10.8. The second kappa shape index (κ2) is 16.7. The first-order valence-electron chi connectivity index (χ1n) is 17.9. The topological polar surface area (TPSA) is 65.4 Å². The van der Waals surface area contributed by atoms with Crippen molar-refractivity contribution in [1.82, 2.24) is 9.80 Å². The van der Waals surface area contributed by atoms with E-state index in [0.717, 1.165) is 70.1 Å². The number of aromatic hydroxyl groups is 2. The molecular weight excluding hydrogens is 667 g/mol. The molecule has 8 heteroatoms. The quantitative estimate of drug-likeness (QED) is 0.136. The van der Waals surface area contributed by atoms with Crippen LogP contribution in [-0.2, 0) is 32.4 Å². The Bertz CT molecular complexity index is 1700. The summed E-state index contributed by atoms with van der Waals surface area (Å²) in [6.07, 6.45) is 8.33. The number of benzene rings is 4. The molecule has 0 aliphatic carbocycles. The van der Waals surface area contributed by atoms with E-state index in [-0.39, 0.29) is 11.5 Å². The molecule has 0 bridgehead atoms. The maximum atomic E-state index is 10.2. The molecule has 0 aromatic heterocycles. The van der Waals surface area contributed by atoms with Crippen LogP contribution < -0.4 is 9.47 Å². The molecule has 4 aromatic carbocycles. The number of likely N-dealkylation sites (tertiary alicyclic amines) is 1. The molecule has 0 saturated carbocycles. The molecule has 3 unspecified atom stereocenters. The van der Waals surface area contributed by atoms with E-state index >= 15 is 0 Å². The summed E-state index contributed by atoms with van der Waals surface area (Å²) in [7, 11) is 3.20. The number of ether oxygens (including phenoxy) is 2. The van der Waals surface area contributed by atoms with Crippen LogP contribution in [0.5, 0.6) is 23.0 Å². The van der Waals surface area contributed by atoms with Crippen molar-refractivity contribution in [3.05, 3.63) is 117 Å². The lowest BCUT2D eigenvalue weighted by Gasteiger charge is -2.45. The van der Waals surface area contributed by atoms with E-state index in [2.05, 4.69) is 47.1 Å². The number of piperidine rings is 1. The van der Waals surface area contributed by atoms with Crippen LogP contribution in [-0.4, -0.2) is 58.9 Å². The van der Waals surface area contributed by atoms with Crippen molar-refractivity contribution < 1.29 is 19.7 Å². The predicted molar refractivity (Wildman–Crippen MR) is 203 cm³/mol. The third-order valence-corrected chi connectivity index (χ3v) is 11.7. The number of hydrogen-bond acceptors (Lipinski definition) is 6. The third kappa shape index (κ3) is 8.89. The smallest absolute Gasteiger partial charge is 0.160 e. The van der Waals surface area contributed by atoms with Crippen molar-refractivity contribution in [3.63, 3.8) is 0 Å². The predicted octanol–water partition coefficient (Wildman–Crippen LogP) is 9.47. The second-order valence-corrected chi connectivity index (χ2v) is 15.1. The zero-order valence-electron chi connectivity index (χ0n) is 29.5. The molecule has 266 valence electrons. The van der Waals surface area contributed by atoms with E-state index in [1.807, 2.05) is 36.4 Å². The van der Waals surface area contributed by atoms with Crippen LogP contribution in [0.3, 0.4) is 0 Å². The lowest BCUT2D eigenvalue weighted by molar-refractivity contribution is 0.0408. The summed E-state index contributed by atoms with van der Waals surface area (Å²) in [6.45, 7) is 5.17. The molecular formula is C42H50Cl2N2O4. The van der Waals surface area contributed by atoms with Crippen molar-refractivity contribution in [2.75, 3.05) is 20.8 Å². The molecule has 2 aliphatic heterocycles. The first-order chi connectivity index (χ1) is 24.2. The molecule has 2 heterocycles. The third-order valence-electron chi connectivity index (χ3n) is 11.0. The van der Waals surface area contributed by atoms with Crippen LogP contribution in [0.15, 0.2) is 78.9 Å². The van der Waals surface area contributed by atoms with Gasteiger partial charge >= 0.3 is 0 Å². The van der Waals surface area contributed by atoms with Gasteiger partial charge in [0.25, 0.3) is 0 Å². The number of phenolic OH excluding ortho intramolecular Hbond substituents is 2. The Hall–Kier alpha value is -3.42. The largest absolute Gasteiger partial charge is 0.504 e. The van der Waals surface area contributed by atoms with Crippen molar-refractivity contribution >= 4 is 23.2 Å². The number of nitrogens with zero attached hydrogens (tertiary/aromatic N) is 2. The Balaban J connectivity index is 1.24. The lowest BCUT2D eigenvalue weighted by atomic mass is 9.82. The fourth-order valence-electron chi connectivity index (χ4n) is 8.17. The average Bonchev–Trinajstić information content (AvgIpc) is 3.53. The molecule has 1 fully saturated rings. The Morgan fingerprint density at radius 1 is 0.760 bits per heavy atom. The molecule has 4 aromatic rings. The van der Waals surface area contributed by atoms with Crippen LogP contribution in [0.4, 0.5) is 0 Å². The van der Waals surface area contributed by atoms with Gasteiger partial charge in [0, 0.05) is 31.2 Å². The first-order valence-corrected chi connectivity index (χ1v) is 18.7. The summed E-state index contributed by atoms with van der Waals surface area (Å²) >= 11 is 13.0. The molecule has 0 amide bonds. The van der Waals surface area contributed by atoms with E-state index in [4.69, 9.17) is 32.7 Å². The summed E-state index contributed by atoms with van der Waals surface area (Å²) in [5.41, 5.74) is 6.27. The van der Waals surface area contributed by atoms with E-state index < -0.39 is 0 Å². The highest BCUT2D eigenvalue weighted by atomic mass is 35.5. The maximum absolute atomic E-state index is 10.2. The molecule has 6 nitrogen and oxygen atoms in total. The van der Waals surface area contributed by atoms with Gasteiger partial charge in [-0.2, -0.15) is 0 Å². The van der Waals surface area contributed by atoms with Crippen LogP contribution in [0.25, 0.3) is 0 Å². The number of halogens is 2. The minimum Gasteiger partial charge on any atom is -0.504 e. The first kappa shape index (κ1) is 36.4. The number of fused-ring (bicyclic) bond motifs is 1. The van der Waals surface area contributed by atoms with Gasteiger partial charge in [0.2, 0.25) is 0 Å². The van der Waals surface area contributed by atoms with Crippen molar-refractivity contribution in [2.24, 2.45) is 5.92 Å². The van der Waals surface area contributed by atoms with Crippen LogP contribution in [0.2, 0.25) is 10.0 Å². The number of phenols is 2. The maximum Gasteiger partial charge on any atom is 0.160 e. The Labute approximate surface area is 307 Å². The van der Waals surface area contributed by atoms with Crippen molar-refractivity contribution in [2.45, 2.75) is 89.5 Å². The Kier molecular flexibility index (Phi) is 12.2. The van der Waals surface area contributed by atoms with Gasteiger partial charge in [-0.05, 0) is 135 Å². The van der Waals surface area contributed by atoms with Gasteiger partial charge in [-0.25, -0.2) is 0 Å². The van der Waals surface area contributed by atoms with Crippen LogP contribution in [0.1, 0.15) is 66.8 Å². The minimum absolute atomic E-state index is 0.165. The van der Waals surface area contributed by atoms with E-state index in [9.17, 15) is 10.2 Å². The zero-order chi connectivity index (χ0) is 35.2.